The average Bonchev–Trinajstić information content (AvgIpc) is 2.89. The Morgan fingerprint density at radius 1 is 1.45 bits per heavy atom. The Balaban J connectivity index is 2.31. The van der Waals surface area contributed by atoms with Crippen molar-refractivity contribution in [3.05, 3.63) is 40.9 Å². The molecule has 0 aliphatic heterocycles. The highest BCUT2D eigenvalue weighted by molar-refractivity contribution is 7.93. The van der Waals surface area contributed by atoms with E-state index in [-0.39, 0.29) is 11.5 Å². The molecule has 2 aromatic rings. The van der Waals surface area contributed by atoms with E-state index in [4.69, 9.17) is 5.11 Å². The third kappa shape index (κ3) is 3.36. The van der Waals surface area contributed by atoms with E-state index in [0.717, 1.165) is 5.56 Å². The van der Waals surface area contributed by atoms with E-state index in [0.29, 0.717) is 10.7 Å². The molecule has 2 N–H and O–H groups in total. The van der Waals surface area contributed by atoms with Crippen LogP contribution in [0.25, 0.3) is 0 Å². The van der Waals surface area contributed by atoms with Crippen LogP contribution in [-0.2, 0) is 10.0 Å². The molecule has 1 aromatic carbocycles. The summed E-state index contributed by atoms with van der Waals surface area (Å²) in [5, 5.41) is 10.7. The third-order valence-electron chi connectivity index (χ3n) is 2.46. The van der Waals surface area contributed by atoms with Crippen LogP contribution in [0.4, 0.5) is 5.13 Å². The van der Waals surface area contributed by atoms with Gasteiger partial charge in [-0.1, -0.05) is 11.8 Å². The summed E-state index contributed by atoms with van der Waals surface area (Å²) < 4.78 is 26.7. The van der Waals surface area contributed by atoms with Crippen molar-refractivity contribution < 1.29 is 13.5 Å². The zero-order valence-electron chi connectivity index (χ0n) is 10.6. The second kappa shape index (κ2) is 6.05. The Morgan fingerprint density at radius 2 is 2.25 bits per heavy atom. The topological polar surface area (TPSA) is 79.3 Å². The first-order valence-electron chi connectivity index (χ1n) is 5.65. The summed E-state index contributed by atoms with van der Waals surface area (Å²) in [6, 6.07) is 4.63. The molecule has 0 radical (unpaired) electrons. The highest BCUT2D eigenvalue weighted by atomic mass is 32.2. The number of rotatable bonds is 3. The van der Waals surface area contributed by atoms with Gasteiger partial charge in [-0.2, -0.15) is 0 Å². The first kappa shape index (κ1) is 14.5. The number of hydrogen-bond donors (Lipinski definition) is 2. The quantitative estimate of drug-likeness (QED) is 0.844. The van der Waals surface area contributed by atoms with E-state index < -0.39 is 10.0 Å². The highest BCUT2D eigenvalue weighted by Crippen LogP contribution is 2.20. The number of thiazole rings is 1. The number of aliphatic hydroxyl groups is 1. The van der Waals surface area contributed by atoms with E-state index in [9.17, 15) is 8.42 Å². The van der Waals surface area contributed by atoms with Crippen molar-refractivity contribution in [2.45, 2.75) is 11.8 Å². The van der Waals surface area contributed by atoms with Crippen LogP contribution in [0.3, 0.4) is 0 Å². The van der Waals surface area contributed by atoms with E-state index in [2.05, 4.69) is 21.5 Å². The molecule has 0 unspecified atom stereocenters. The Morgan fingerprint density at radius 3 is 2.85 bits per heavy atom. The van der Waals surface area contributed by atoms with Crippen molar-refractivity contribution in [2.75, 3.05) is 11.3 Å². The summed E-state index contributed by atoms with van der Waals surface area (Å²) in [5.74, 6) is 5.29. The lowest BCUT2D eigenvalue weighted by Crippen LogP contribution is -2.13. The fourth-order valence-electron chi connectivity index (χ4n) is 1.53. The maximum atomic E-state index is 12.2. The fourth-order valence-corrected chi connectivity index (χ4v) is 3.40. The van der Waals surface area contributed by atoms with Crippen molar-refractivity contribution in [1.82, 2.24) is 4.98 Å². The molecule has 0 saturated heterocycles. The van der Waals surface area contributed by atoms with Crippen LogP contribution < -0.4 is 4.72 Å². The molecular weight excluding hydrogens is 296 g/mol. The minimum atomic E-state index is -3.64. The summed E-state index contributed by atoms with van der Waals surface area (Å²) >= 11 is 1.21. The first-order chi connectivity index (χ1) is 9.53. The van der Waals surface area contributed by atoms with Gasteiger partial charge in [0.15, 0.2) is 5.13 Å². The van der Waals surface area contributed by atoms with Crippen LogP contribution in [0, 0.1) is 18.8 Å². The Bertz CT molecular complexity index is 757. The normalized spacial score (nSPS) is 10.7. The monoisotopic (exact) mass is 308 g/mol. The van der Waals surface area contributed by atoms with Crippen molar-refractivity contribution in [1.29, 1.82) is 0 Å². The number of benzene rings is 1. The molecule has 0 aliphatic rings. The lowest BCUT2D eigenvalue weighted by molar-refractivity contribution is 0.350. The largest absolute Gasteiger partial charge is 0.384 e. The van der Waals surface area contributed by atoms with Gasteiger partial charge in [0, 0.05) is 17.1 Å². The second-order valence-corrected chi connectivity index (χ2v) is 6.46. The SMILES string of the molecule is Cc1cc(S(=O)(=O)Nc2nccs2)ccc1C#CCO. The molecule has 0 saturated carbocycles. The van der Waals surface area contributed by atoms with Crippen LogP contribution >= 0.6 is 11.3 Å². The number of nitrogens with zero attached hydrogens (tertiary/aromatic N) is 1. The molecule has 0 bridgehead atoms. The molecule has 5 nitrogen and oxygen atoms in total. The van der Waals surface area contributed by atoms with Crippen molar-refractivity contribution in [3.63, 3.8) is 0 Å². The minimum Gasteiger partial charge on any atom is -0.384 e. The predicted octanol–water partition coefficient (Wildman–Crippen LogP) is 1.60. The number of aromatic nitrogens is 1. The molecule has 0 fully saturated rings. The highest BCUT2D eigenvalue weighted by Gasteiger charge is 2.16. The number of nitrogens with one attached hydrogen (secondary N) is 1. The minimum absolute atomic E-state index is 0.153. The van der Waals surface area contributed by atoms with Crippen LogP contribution in [0.5, 0.6) is 0 Å². The third-order valence-corrected chi connectivity index (χ3v) is 4.62. The summed E-state index contributed by atoms with van der Waals surface area (Å²) in [7, 11) is -3.64. The van der Waals surface area contributed by atoms with Gasteiger partial charge in [0.1, 0.15) is 6.61 Å². The van der Waals surface area contributed by atoms with Gasteiger partial charge in [0.2, 0.25) is 0 Å². The molecule has 2 rings (SSSR count). The zero-order chi connectivity index (χ0) is 14.6. The number of sulfonamides is 1. The smallest absolute Gasteiger partial charge is 0.263 e. The van der Waals surface area contributed by atoms with E-state index >= 15 is 0 Å². The summed E-state index contributed by atoms with van der Waals surface area (Å²) in [6.07, 6.45) is 1.53. The van der Waals surface area contributed by atoms with Crippen molar-refractivity contribution in [2.24, 2.45) is 0 Å². The molecule has 7 heteroatoms. The van der Waals surface area contributed by atoms with Gasteiger partial charge in [-0.3, -0.25) is 4.72 Å². The Hall–Kier alpha value is -1.88. The van der Waals surface area contributed by atoms with Gasteiger partial charge in [0.05, 0.1) is 4.90 Å². The summed E-state index contributed by atoms with van der Waals surface area (Å²) in [4.78, 5) is 4.04. The lowest BCUT2D eigenvalue weighted by atomic mass is 10.1. The van der Waals surface area contributed by atoms with E-state index in [1.54, 1.807) is 18.4 Å². The molecule has 0 amide bonds. The van der Waals surface area contributed by atoms with E-state index in [1.807, 2.05) is 0 Å². The number of aliphatic hydroxyl groups excluding tert-OH is 1. The van der Waals surface area contributed by atoms with Gasteiger partial charge >= 0.3 is 0 Å². The summed E-state index contributed by atoms with van der Waals surface area (Å²) in [5.41, 5.74) is 1.42. The van der Waals surface area contributed by atoms with Crippen LogP contribution in [0.2, 0.25) is 0 Å². The Labute approximate surface area is 121 Å². The van der Waals surface area contributed by atoms with Crippen LogP contribution in [0.15, 0.2) is 34.7 Å². The number of aryl methyl sites for hydroxylation is 1. The second-order valence-electron chi connectivity index (χ2n) is 3.88. The van der Waals surface area contributed by atoms with Crippen molar-refractivity contribution >= 4 is 26.5 Å². The zero-order valence-corrected chi connectivity index (χ0v) is 12.3. The van der Waals surface area contributed by atoms with Gasteiger partial charge < -0.3 is 5.11 Å². The molecule has 0 spiro atoms. The van der Waals surface area contributed by atoms with Gasteiger partial charge in [-0.05, 0) is 30.7 Å². The average molecular weight is 308 g/mol. The lowest BCUT2D eigenvalue weighted by Gasteiger charge is -2.07. The van der Waals surface area contributed by atoms with Gasteiger partial charge in [-0.15, -0.1) is 11.3 Å². The summed E-state index contributed by atoms with van der Waals surface area (Å²) in [6.45, 7) is 1.54. The predicted molar refractivity (Wildman–Crippen MR) is 78.1 cm³/mol. The van der Waals surface area contributed by atoms with Crippen LogP contribution in [-0.4, -0.2) is 25.1 Å². The van der Waals surface area contributed by atoms with Crippen molar-refractivity contribution in [3.8, 4) is 11.8 Å². The molecule has 1 aromatic heterocycles. The molecule has 1 heterocycles. The first-order valence-corrected chi connectivity index (χ1v) is 8.02. The number of anilines is 1. The Kier molecular flexibility index (Phi) is 4.39. The van der Waals surface area contributed by atoms with Crippen LogP contribution in [0.1, 0.15) is 11.1 Å². The van der Waals surface area contributed by atoms with Gasteiger partial charge in [0.25, 0.3) is 10.0 Å². The van der Waals surface area contributed by atoms with E-state index in [1.165, 1.54) is 29.7 Å². The fraction of sp³-hybridized carbons (Fsp3) is 0.154. The van der Waals surface area contributed by atoms with Gasteiger partial charge in [-0.25, -0.2) is 13.4 Å². The standard InChI is InChI=1S/C13H12N2O3S2/c1-10-9-12(5-4-11(10)3-2-7-16)20(17,18)15-13-14-6-8-19-13/h4-6,8-9,16H,7H2,1H3,(H,14,15). The molecule has 104 valence electrons. The maximum Gasteiger partial charge on any atom is 0.263 e. The molecule has 0 atom stereocenters. The maximum absolute atomic E-state index is 12.2. The molecule has 20 heavy (non-hydrogen) atoms. The molecular formula is C13H12N2O3S2. The molecule has 0 aliphatic carbocycles. The number of hydrogen-bond acceptors (Lipinski definition) is 5.